The molecule has 5 nitrogen and oxygen atoms in total. The van der Waals surface area contributed by atoms with Crippen molar-refractivity contribution in [3.8, 4) is 5.75 Å². The first-order valence-corrected chi connectivity index (χ1v) is 8.56. The lowest BCUT2D eigenvalue weighted by Crippen LogP contribution is -2.32. The van der Waals surface area contributed by atoms with E-state index >= 15 is 0 Å². The molecule has 3 rings (SSSR count). The summed E-state index contributed by atoms with van der Waals surface area (Å²) in [4.78, 5) is 6.50. The van der Waals surface area contributed by atoms with Crippen LogP contribution in [0.1, 0.15) is 25.8 Å². The van der Waals surface area contributed by atoms with E-state index in [1.807, 2.05) is 35.3 Å². The lowest BCUT2D eigenvalue weighted by molar-refractivity contribution is 0.0595. The highest BCUT2D eigenvalue weighted by atomic mass is 16.5. The molecule has 1 unspecified atom stereocenters. The van der Waals surface area contributed by atoms with Gasteiger partial charge < -0.3 is 18.9 Å². The topological polar surface area (TPSA) is 39.5 Å². The van der Waals surface area contributed by atoms with Gasteiger partial charge in [-0.15, -0.1) is 0 Å². The highest BCUT2D eigenvalue weighted by Crippen LogP contribution is 2.29. The second-order valence-corrected chi connectivity index (χ2v) is 5.97. The van der Waals surface area contributed by atoms with Crippen molar-refractivity contribution in [2.45, 2.75) is 26.4 Å². The van der Waals surface area contributed by atoms with Gasteiger partial charge >= 0.3 is 0 Å². The van der Waals surface area contributed by atoms with Crippen molar-refractivity contribution in [3.63, 3.8) is 0 Å². The number of benzene rings is 1. The summed E-state index contributed by atoms with van der Waals surface area (Å²) >= 11 is 0. The smallest absolute Gasteiger partial charge is 0.129 e. The van der Waals surface area contributed by atoms with E-state index in [2.05, 4.69) is 36.0 Å². The first-order chi connectivity index (χ1) is 11.8. The zero-order chi connectivity index (χ0) is 16.8. The number of aromatic nitrogens is 2. The van der Waals surface area contributed by atoms with Crippen LogP contribution in [0.2, 0.25) is 0 Å². The summed E-state index contributed by atoms with van der Waals surface area (Å²) in [7, 11) is 0. The van der Waals surface area contributed by atoms with Crippen LogP contribution in [-0.4, -0.2) is 46.9 Å². The minimum Gasteiger partial charge on any atom is -0.490 e. The van der Waals surface area contributed by atoms with Crippen molar-refractivity contribution in [1.29, 1.82) is 0 Å². The molecule has 0 N–H and O–H groups in total. The molecular formula is C19H25N3O2. The fourth-order valence-electron chi connectivity index (χ4n) is 2.64. The maximum Gasteiger partial charge on any atom is 0.129 e. The second kappa shape index (κ2) is 8.02. The van der Waals surface area contributed by atoms with Crippen molar-refractivity contribution in [2.75, 3.05) is 26.3 Å². The maximum absolute atomic E-state index is 6.15. The quantitative estimate of drug-likeness (QED) is 0.816. The first-order valence-electron chi connectivity index (χ1n) is 8.56. The zero-order valence-electron chi connectivity index (χ0n) is 14.4. The number of morpholine rings is 1. The standard InChI is InChI=1S/C19H25N3O2/c1-3-16(2)24-19-7-5-4-6-17(19)18(22-9-8-20-15-22)14-21-10-12-23-13-11-21/h4-9,14-16H,3,10-13H2,1-2H3/b18-14+. The number of imidazole rings is 1. The molecule has 5 heteroatoms. The van der Waals surface area contributed by atoms with Crippen LogP contribution in [0.15, 0.2) is 49.2 Å². The molecule has 0 amide bonds. The molecule has 0 radical (unpaired) electrons. The Balaban J connectivity index is 1.98. The van der Waals surface area contributed by atoms with E-state index in [1.165, 1.54) is 0 Å². The highest BCUT2D eigenvalue weighted by molar-refractivity contribution is 5.70. The molecule has 1 aliphatic rings. The summed E-state index contributed by atoms with van der Waals surface area (Å²) in [5.41, 5.74) is 2.13. The van der Waals surface area contributed by atoms with Crippen LogP contribution in [0.3, 0.4) is 0 Å². The summed E-state index contributed by atoms with van der Waals surface area (Å²) in [6.45, 7) is 7.55. The van der Waals surface area contributed by atoms with E-state index in [0.717, 1.165) is 49.7 Å². The summed E-state index contributed by atoms with van der Waals surface area (Å²) in [5, 5.41) is 0. The third-order valence-corrected chi connectivity index (χ3v) is 4.20. The minimum absolute atomic E-state index is 0.179. The molecule has 0 bridgehead atoms. The first kappa shape index (κ1) is 16.6. The molecule has 1 aliphatic heterocycles. The Morgan fingerprint density at radius 2 is 2.12 bits per heavy atom. The normalized spacial score (nSPS) is 16.9. The predicted octanol–water partition coefficient (Wildman–Crippen LogP) is 3.24. The molecule has 128 valence electrons. The van der Waals surface area contributed by atoms with Gasteiger partial charge in [-0.3, -0.25) is 0 Å². The number of ether oxygens (including phenoxy) is 2. The van der Waals surface area contributed by atoms with Crippen molar-refractivity contribution in [3.05, 3.63) is 54.7 Å². The summed E-state index contributed by atoms with van der Waals surface area (Å²) in [6.07, 6.45) is 8.92. The molecule has 0 spiro atoms. The Kier molecular flexibility index (Phi) is 5.54. The number of para-hydroxylation sites is 1. The van der Waals surface area contributed by atoms with Gasteiger partial charge in [0.25, 0.3) is 0 Å². The van der Waals surface area contributed by atoms with Crippen LogP contribution in [0.5, 0.6) is 5.75 Å². The average Bonchev–Trinajstić information content (AvgIpc) is 3.15. The molecule has 1 fully saturated rings. The van der Waals surface area contributed by atoms with Gasteiger partial charge in [0, 0.05) is 37.2 Å². The van der Waals surface area contributed by atoms with Crippen molar-refractivity contribution >= 4 is 5.70 Å². The molecule has 2 aromatic rings. The van der Waals surface area contributed by atoms with Gasteiger partial charge in [0.05, 0.1) is 31.3 Å². The molecule has 0 saturated carbocycles. The Bertz CT molecular complexity index is 661. The van der Waals surface area contributed by atoms with Gasteiger partial charge in [-0.25, -0.2) is 4.98 Å². The lowest BCUT2D eigenvalue weighted by atomic mass is 10.1. The molecule has 0 aliphatic carbocycles. The van der Waals surface area contributed by atoms with Gasteiger partial charge in [0.2, 0.25) is 0 Å². The summed E-state index contributed by atoms with van der Waals surface area (Å²) in [6, 6.07) is 8.19. The van der Waals surface area contributed by atoms with Gasteiger partial charge in [0.15, 0.2) is 0 Å². The van der Waals surface area contributed by atoms with Crippen LogP contribution in [-0.2, 0) is 4.74 Å². The van der Waals surface area contributed by atoms with E-state index in [9.17, 15) is 0 Å². The van der Waals surface area contributed by atoms with Crippen molar-refractivity contribution < 1.29 is 9.47 Å². The summed E-state index contributed by atoms with van der Waals surface area (Å²) in [5.74, 6) is 0.903. The maximum atomic E-state index is 6.15. The Labute approximate surface area is 143 Å². The fourth-order valence-corrected chi connectivity index (χ4v) is 2.64. The van der Waals surface area contributed by atoms with Crippen LogP contribution >= 0.6 is 0 Å². The Morgan fingerprint density at radius 3 is 2.83 bits per heavy atom. The van der Waals surface area contributed by atoms with Gasteiger partial charge in [-0.05, 0) is 25.5 Å². The number of nitrogens with zero attached hydrogens (tertiary/aromatic N) is 3. The van der Waals surface area contributed by atoms with Crippen LogP contribution in [0.4, 0.5) is 0 Å². The van der Waals surface area contributed by atoms with Gasteiger partial charge in [-0.2, -0.15) is 0 Å². The van der Waals surface area contributed by atoms with Crippen LogP contribution in [0, 0.1) is 0 Å². The number of hydrogen-bond acceptors (Lipinski definition) is 4. The molecule has 24 heavy (non-hydrogen) atoms. The lowest BCUT2D eigenvalue weighted by Gasteiger charge is -2.27. The molecule has 1 aromatic heterocycles. The molecule has 1 aromatic carbocycles. The monoisotopic (exact) mass is 327 g/mol. The van der Waals surface area contributed by atoms with E-state index < -0.39 is 0 Å². The fraction of sp³-hybridized carbons (Fsp3) is 0.421. The van der Waals surface area contributed by atoms with Gasteiger partial charge in [0.1, 0.15) is 5.75 Å². The highest BCUT2D eigenvalue weighted by Gasteiger charge is 2.15. The Morgan fingerprint density at radius 1 is 1.33 bits per heavy atom. The van der Waals surface area contributed by atoms with E-state index in [4.69, 9.17) is 9.47 Å². The second-order valence-electron chi connectivity index (χ2n) is 5.97. The molecular weight excluding hydrogens is 302 g/mol. The largest absolute Gasteiger partial charge is 0.490 e. The molecule has 1 atom stereocenters. The number of hydrogen-bond donors (Lipinski definition) is 0. The predicted molar refractivity (Wildman–Crippen MR) is 94.8 cm³/mol. The molecule has 2 heterocycles. The zero-order valence-corrected chi connectivity index (χ0v) is 14.4. The number of rotatable bonds is 6. The Hall–Kier alpha value is -2.27. The third kappa shape index (κ3) is 3.97. The van der Waals surface area contributed by atoms with Crippen LogP contribution < -0.4 is 4.74 Å². The average molecular weight is 327 g/mol. The summed E-state index contributed by atoms with van der Waals surface area (Å²) < 4.78 is 13.6. The van der Waals surface area contributed by atoms with E-state index in [1.54, 1.807) is 6.20 Å². The molecule has 1 saturated heterocycles. The minimum atomic E-state index is 0.179. The SMILES string of the molecule is CCC(C)Oc1ccccc1/C(=C\N1CCOCC1)n1ccnc1. The van der Waals surface area contributed by atoms with Gasteiger partial charge in [-0.1, -0.05) is 19.1 Å². The van der Waals surface area contributed by atoms with Crippen molar-refractivity contribution in [1.82, 2.24) is 14.5 Å². The van der Waals surface area contributed by atoms with Crippen LogP contribution in [0.25, 0.3) is 5.70 Å². The van der Waals surface area contributed by atoms with Crippen molar-refractivity contribution in [2.24, 2.45) is 0 Å². The van der Waals surface area contributed by atoms with E-state index in [0.29, 0.717) is 0 Å². The van der Waals surface area contributed by atoms with E-state index in [-0.39, 0.29) is 6.10 Å². The third-order valence-electron chi connectivity index (χ3n) is 4.20.